The summed E-state index contributed by atoms with van der Waals surface area (Å²) in [6, 6.07) is 0. The van der Waals surface area contributed by atoms with Gasteiger partial charge >= 0.3 is 5.97 Å². The second-order valence-electron chi connectivity index (χ2n) is 6.55. The molecule has 0 aromatic rings. The van der Waals surface area contributed by atoms with E-state index in [-0.39, 0.29) is 0 Å². The number of carboxylic acid groups (broad SMARTS) is 1. The van der Waals surface area contributed by atoms with Crippen LogP contribution < -0.4 is 0 Å². The van der Waals surface area contributed by atoms with Crippen LogP contribution >= 0.6 is 0 Å². The molecule has 2 N–H and O–H groups in total. The smallest absolute Gasteiger partial charge is 0.321 e. The van der Waals surface area contributed by atoms with Crippen molar-refractivity contribution in [1.29, 1.82) is 0 Å². The zero-order valence-corrected chi connectivity index (χ0v) is 11.4. The van der Waals surface area contributed by atoms with Crippen molar-refractivity contribution in [2.24, 2.45) is 11.8 Å². The molecule has 0 aliphatic heterocycles. The Bertz CT molecular complexity index is 496. The first-order chi connectivity index (χ1) is 8.69. The Morgan fingerprint density at radius 3 is 2.26 bits per heavy atom. The monoisotopic (exact) mass is 290 g/mol. The fourth-order valence-corrected chi connectivity index (χ4v) is 5.77. The molecule has 4 saturated carbocycles. The maximum atomic E-state index is 11.7. The second kappa shape index (κ2) is 3.93. The largest absolute Gasteiger partial charge is 0.480 e. The SMILES string of the molecule is O=C(O)CS(=O)(=O)OC12C[C@@H]3C[C@@H](CC(O)(C3)C1)C2. The minimum absolute atomic E-state index is 0.297. The highest BCUT2D eigenvalue weighted by Gasteiger charge is 2.59. The van der Waals surface area contributed by atoms with Crippen LogP contribution in [-0.2, 0) is 19.1 Å². The van der Waals surface area contributed by atoms with Crippen LogP contribution in [-0.4, -0.2) is 41.6 Å². The molecule has 7 heteroatoms. The summed E-state index contributed by atoms with van der Waals surface area (Å²) in [6.45, 7) is 0. The van der Waals surface area contributed by atoms with Crippen LogP contribution in [0.15, 0.2) is 0 Å². The van der Waals surface area contributed by atoms with Gasteiger partial charge in [-0.3, -0.25) is 8.98 Å². The van der Waals surface area contributed by atoms with Gasteiger partial charge in [0.25, 0.3) is 10.1 Å². The molecular weight excluding hydrogens is 272 g/mol. The Hall–Kier alpha value is -0.660. The van der Waals surface area contributed by atoms with Crippen molar-refractivity contribution in [2.75, 3.05) is 5.75 Å². The van der Waals surface area contributed by atoms with Gasteiger partial charge in [-0.2, -0.15) is 8.42 Å². The number of hydrogen-bond donors (Lipinski definition) is 2. The van der Waals surface area contributed by atoms with Crippen molar-refractivity contribution in [3.05, 3.63) is 0 Å². The molecule has 0 heterocycles. The number of carboxylic acids is 1. The topological polar surface area (TPSA) is 101 Å². The summed E-state index contributed by atoms with van der Waals surface area (Å²) in [4.78, 5) is 10.6. The molecule has 0 aromatic heterocycles. The summed E-state index contributed by atoms with van der Waals surface area (Å²) in [5.74, 6) is -1.83. The normalized spacial score (nSPS) is 44.5. The zero-order chi connectivity index (χ0) is 13.9. The van der Waals surface area contributed by atoms with Crippen molar-refractivity contribution in [1.82, 2.24) is 0 Å². The van der Waals surface area contributed by atoms with E-state index in [1.54, 1.807) is 0 Å². The maximum absolute atomic E-state index is 11.7. The van der Waals surface area contributed by atoms with E-state index in [1.807, 2.05) is 0 Å². The van der Waals surface area contributed by atoms with Crippen molar-refractivity contribution >= 4 is 16.1 Å². The van der Waals surface area contributed by atoms with Gasteiger partial charge in [-0.25, -0.2) is 0 Å². The third kappa shape index (κ3) is 2.51. The van der Waals surface area contributed by atoms with Crippen molar-refractivity contribution in [2.45, 2.75) is 49.7 Å². The van der Waals surface area contributed by atoms with E-state index in [9.17, 15) is 18.3 Å². The van der Waals surface area contributed by atoms with Crippen LogP contribution in [0.25, 0.3) is 0 Å². The van der Waals surface area contributed by atoms with Gasteiger partial charge in [-0.15, -0.1) is 0 Å². The number of rotatable bonds is 4. The molecule has 0 aromatic carbocycles. The lowest BCUT2D eigenvalue weighted by Crippen LogP contribution is -2.60. The van der Waals surface area contributed by atoms with Crippen LogP contribution in [0.2, 0.25) is 0 Å². The minimum Gasteiger partial charge on any atom is -0.480 e. The zero-order valence-electron chi connectivity index (χ0n) is 10.5. The molecule has 19 heavy (non-hydrogen) atoms. The lowest BCUT2D eigenvalue weighted by Gasteiger charge is -2.59. The van der Waals surface area contributed by atoms with E-state index in [2.05, 4.69) is 0 Å². The summed E-state index contributed by atoms with van der Waals surface area (Å²) in [5.41, 5.74) is -1.68. The van der Waals surface area contributed by atoms with Crippen molar-refractivity contribution < 1.29 is 27.6 Å². The van der Waals surface area contributed by atoms with Gasteiger partial charge in [0.1, 0.15) is 0 Å². The van der Waals surface area contributed by atoms with E-state index in [0.717, 1.165) is 6.42 Å². The van der Waals surface area contributed by atoms with Gasteiger partial charge in [0.15, 0.2) is 5.75 Å². The van der Waals surface area contributed by atoms with Gasteiger partial charge in [0, 0.05) is 6.42 Å². The molecule has 108 valence electrons. The Kier molecular flexibility index (Phi) is 2.75. The quantitative estimate of drug-likeness (QED) is 0.731. The summed E-state index contributed by atoms with van der Waals surface area (Å²) in [6.07, 6.45) is 3.99. The second-order valence-corrected chi connectivity index (χ2v) is 8.12. The van der Waals surface area contributed by atoms with Gasteiger partial charge in [0.05, 0.1) is 11.2 Å². The Morgan fingerprint density at radius 1 is 1.21 bits per heavy atom. The molecule has 6 nitrogen and oxygen atoms in total. The van der Waals surface area contributed by atoms with E-state index in [1.165, 1.54) is 0 Å². The van der Waals surface area contributed by atoms with Crippen LogP contribution in [0.1, 0.15) is 38.5 Å². The third-order valence-electron chi connectivity index (χ3n) is 4.58. The van der Waals surface area contributed by atoms with E-state index in [0.29, 0.717) is 43.9 Å². The molecule has 4 atom stereocenters. The van der Waals surface area contributed by atoms with Crippen molar-refractivity contribution in [3.8, 4) is 0 Å². The molecule has 0 spiro atoms. The summed E-state index contributed by atoms with van der Waals surface area (Å²) in [5, 5.41) is 19.1. The standard InChI is InChI=1S/C12H18O6S/c13-10(14)6-19(16,17)18-12-4-8-1-9(5-12)3-11(15,2-8)7-12/h8-9,15H,1-7H2,(H,13,14)/t8-,9+,11?,12?. The average Bonchev–Trinajstić information content (AvgIpc) is 2.06. The molecular formula is C12H18O6S. The van der Waals surface area contributed by atoms with Crippen LogP contribution in [0.4, 0.5) is 0 Å². The van der Waals surface area contributed by atoms with Crippen molar-refractivity contribution in [3.63, 3.8) is 0 Å². The first-order valence-corrected chi connectivity index (χ1v) is 8.15. The van der Waals surface area contributed by atoms with E-state index in [4.69, 9.17) is 9.29 Å². The molecule has 4 bridgehead atoms. The molecule has 0 radical (unpaired) electrons. The molecule has 4 fully saturated rings. The summed E-state index contributed by atoms with van der Waals surface area (Å²) >= 11 is 0. The molecule has 4 aliphatic carbocycles. The number of aliphatic carboxylic acids is 1. The predicted octanol–water partition coefficient (Wildman–Crippen LogP) is 0.501. The first kappa shape index (κ1) is 13.3. The van der Waals surface area contributed by atoms with Gasteiger partial charge < -0.3 is 10.2 Å². The molecule has 0 amide bonds. The van der Waals surface area contributed by atoms with Gasteiger partial charge in [-0.1, -0.05) is 0 Å². The maximum Gasteiger partial charge on any atom is 0.321 e. The lowest BCUT2D eigenvalue weighted by molar-refractivity contribution is -0.186. The average molecular weight is 290 g/mol. The highest BCUT2D eigenvalue weighted by Crippen LogP contribution is 2.59. The molecule has 4 aliphatic rings. The van der Waals surface area contributed by atoms with E-state index < -0.39 is 33.0 Å². The van der Waals surface area contributed by atoms with Crippen LogP contribution in [0.3, 0.4) is 0 Å². The van der Waals surface area contributed by atoms with Crippen LogP contribution in [0.5, 0.6) is 0 Å². The Morgan fingerprint density at radius 2 is 1.79 bits per heavy atom. The Labute approximate surface area is 111 Å². The molecule has 2 unspecified atom stereocenters. The number of aliphatic hydroxyl groups is 1. The third-order valence-corrected chi connectivity index (χ3v) is 5.79. The fourth-order valence-electron chi connectivity index (χ4n) is 4.68. The predicted molar refractivity (Wildman–Crippen MR) is 64.9 cm³/mol. The first-order valence-electron chi connectivity index (χ1n) is 6.57. The minimum atomic E-state index is -4.08. The highest BCUT2D eigenvalue weighted by molar-refractivity contribution is 7.87. The number of carbonyl (C=O) groups is 1. The Balaban J connectivity index is 1.83. The van der Waals surface area contributed by atoms with Gasteiger partial charge in [-0.05, 0) is 43.9 Å². The molecule has 0 saturated heterocycles. The summed E-state index contributed by atoms with van der Waals surface area (Å²) < 4.78 is 28.7. The number of hydrogen-bond acceptors (Lipinski definition) is 5. The lowest BCUT2D eigenvalue weighted by atomic mass is 9.52. The highest BCUT2D eigenvalue weighted by atomic mass is 32.2. The summed E-state index contributed by atoms with van der Waals surface area (Å²) in [7, 11) is -4.08. The van der Waals surface area contributed by atoms with Gasteiger partial charge in [0.2, 0.25) is 0 Å². The van der Waals surface area contributed by atoms with E-state index >= 15 is 0 Å². The molecule has 4 rings (SSSR count). The fraction of sp³-hybridized carbons (Fsp3) is 0.917. The van der Waals surface area contributed by atoms with Crippen LogP contribution in [0, 0.1) is 11.8 Å².